The van der Waals surface area contributed by atoms with Crippen molar-refractivity contribution < 1.29 is 18.7 Å². The van der Waals surface area contributed by atoms with E-state index in [4.69, 9.17) is 9.15 Å². The second-order valence-corrected chi connectivity index (χ2v) is 6.61. The first-order chi connectivity index (χ1) is 12.4. The van der Waals surface area contributed by atoms with E-state index < -0.39 is 11.6 Å². The third-order valence-corrected chi connectivity index (χ3v) is 4.61. The molecule has 0 radical (unpaired) electrons. The highest BCUT2D eigenvalue weighted by atomic mass is 32.1. The summed E-state index contributed by atoms with van der Waals surface area (Å²) in [5, 5.41) is 5.55. The fraction of sp³-hybridized carbons (Fsp3) is 0.222. The van der Waals surface area contributed by atoms with E-state index in [2.05, 4.69) is 10.3 Å². The van der Waals surface area contributed by atoms with Gasteiger partial charge in [-0.2, -0.15) is 0 Å². The van der Waals surface area contributed by atoms with Crippen molar-refractivity contribution in [2.24, 2.45) is 0 Å². The average molecular weight is 372 g/mol. The van der Waals surface area contributed by atoms with Crippen molar-refractivity contribution in [3.8, 4) is 5.75 Å². The molecule has 2 aromatic heterocycles. The lowest BCUT2D eigenvalue weighted by atomic mass is 10.0. The molecule has 0 saturated heterocycles. The van der Waals surface area contributed by atoms with Crippen LogP contribution in [0, 0.1) is 13.8 Å². The number of aryl methyl sites for hydroxylation is 2. The average Bonchev–Trinajstić information content (AvgIpc) is 3.07. The van der Waals surface area contributed by atoms with E-state index in [1.807, 2.05) is 0 Å². The molecular weight excluding hydrogens is 356 g/mol. The molecule has 0 aliphatic rings. The number of rotatable bonds is 4. The molecule has 0 aliphatic heterocycles. The van der Waals surface area contributed by atoms with Crippen LogP contribution in [0.5, 0.6) is 5.75 Å². The number of esters is 1. The van der Waals surface area contributed by atoms with Gasteiger partial charge < -0.3 is 14.5 Å². The Morgan fingerprint density at radius 1 is 1.27 bits per heavy atom. The Balaban J connectivity index is 1.98. The van der Waals surface area contributed by atoms with Crippen LogP contribution in [-0.4, -0.2) is 16.9 Å². The number of nitrogens with one attached hydrogen (secondary N) is 1. The molecule has 26 heavy (non-hydrogen) atoms. The number of benzene rings is 1. The molecule has 0 fully saturated rings. The quantitative estimate of drug-likeness (QED) is 0.429. The molecule has 1 N–H and O–H groups in total. The Kier molecular flexibility index (Phi) is 4.85. The number of amides is 1. The predicted molar refractivity (Wildman–Crippen MR) is 97.7 cm³/mol. The highest BCUT2D eigenvalue weighted by Gasteiger charge is 2.18. The Morgan fingerprint density at radius 2 is 2.04 bits per heavy atom. The van der Waals surface area contributed by atoms with Crippen molar-refractivity contribution in [2.75, 3.05) is 5.32 Å². The van der Waals surface area contributed by atoms with Crippen LogP contribution in [0.3, 0.4) is 0 Å². The maximum absolute atomic E-state index is 12.4. The number of hydrogen-bond donors (Lipinski definition) is 1. The smallest absolute Gasteiger partial charge is 0.340 e. The molecule has 0 atom stereocenters. The zero-order valence-electron chi connectivity index (χ0n) is 14.4. The molecule has 0 aliphatic carbocycles. The van der Waals surface area contributed by atoms with Gasteiger partial charge in [0.15, 0.2) is 5.13 Å². The standard InChI is InChI=1S/C18H16N2O5S/c1-9-12-4-5-14(24-11(3)21)10(2)16(12)25-17(23)13(9)8-15(22)20-18-19-6-7-26-18/h4-7H,8H2,1-3H3,(H,19,20,22). The summed E-state index contributed by atoms with van der Waals surface area (Å²) in [5.74, 6) is -0.466. The molecule has 2 heterocycles. The summed E-state index contributed by atoms with van der Waals surface area (Å²) in [6.07, 6.45) is 1.47. The summed E-state index contributed by atoms with van der Waals surface area (Å²) in [5.41, 5.74) is 1.24. The normalized spacial score (nSPS) is 10.7. The van der Waals surface area contributed by atoms with Crippen LogP contribution in [0.1, 0.15) is 23.6 Å². The van der Waals surface area contributed by atoms with Crippen LogP contribution in [0.25, 0.3) is 11.0 Å². The van der Waals surface area contributed by atoms with Gasteiger partial charge in [-0.05, 0) is 31.5 Å². The minimum absolute atomic E-state index is 0.117. The summed E-state index contributed by atoms with van der Waals surface area (Å²) >= 11 is 1.30. The predicted octanol–water partition coefficient (Wildman–Crippen LogP) is 2.97. The van der Waals surface area contributed by atoms with Gasteiger partial charge in [0, 0.05) is 29.5 Å². The van der Waals surface area contributed by atoms with Crippen molar-refractivity contribution in [2.45, 2.75) is 27.2 Å². The van der Waals surface area contributed by atoms with Crippen molar-refractivity contribution in [3.05, 3.63) is 50.8 Å². The molecule has 3 rings (SSSR count). The number of fused-ring (bicyclic) bond motifs is 1. The van der Waals surface area contributed by atoms with E-state index in [0.29, 0.717) is 33.0 Å². The van der Waals surface area contributed by atoms with Crippen LogP contribution < -0.4 is 15.7 Å². The van der Waals surface area contributed by atoms with E-state index in [-0.39, 0.29) is 17.9 Å². The highest BCUT2D eigenvalue weighted by Crippen LogP contribution is 2.29. The minimum atomic E-state index is -0.590. The summed E-state index contributed by atoms with van der Waals surface area (Å²) in [4.78, 5) is 39.7. The van der Waals surface area contributed by atoms with Crippen molar-refractivity contribution in [1.29, 1.82) is 0 Å². The number of anilines is 1. The molecule has 0 saturated carbocycles. The number of aromatic nitrogens is 1. The SMILES string of the molecule is CC(=O)Oc1ccc2c(C)c(CC(=O)Nc3nccs3)c(=O)oc2c1C. The van der Waals surface area contributed by atoms with Crippen molar-refractivity contribution in [1.82, 2.24) is 4.98 Å². The lowest BCUT2D eigenvalue weighted by Crippen LogP contribution is -2.20. The van der Waals surface area contributed by atoms with Gasteiger partial charge in [-0.3, -0.25) is 9.59 Å². The number of carbonyl (C=O) groups is 2. The zero-order chi connectivity index (χ0) is 18.8. The van der Waals surface area contributed by atoms with Gasteiger partial charge in [0.1, 0.15) is 11.3 Å². The van der Waals surface area contributed by atoms with Crippen molar-refractivity contribution >= 4 is 39.3 Å². The molecule has 8 heteroatoms. The number of hydrogen-bond acceptors (Lipinski definition) is 7. The van der Waals surface area contributed by atoms with Gasteiger partial charge in [-0.1, -0.05) is 0 Å². The number of thiazole rings is 1. The number of ether oxygens (including phenoxy) is 1. The largest absolute Gasteiger partial charge is 0.426 e. The van der Waals surface area contributed by atoms with E-state index in [1.54, 1.807) is 37.6 Å². The summed E-state index contributed by atoms with van der Waals surface area (Å²) in [6.45, 7) is 4.77. The van der Waals surface area contributed by atoms with Crippen LogP contribution in [0.2, 0.25) is 0 Å². The minimum Gasteiger partial charge on any atom is -0.426 e. The van der Waals surface area contributed by atoms with Crippen molar-refractivity contribution in [3.63, 3.8) is 0 Å². The molecule has 0 bridgehead atoms. The monoisotopic (exact) mass is 372 g/mol. The molecule has 7 nitrogen and oxygen atoms in total. The van der Waals surface area contributed by atoms with E-state index >= 15 is 0 Å². The van der Waals surface area contributed by atoms with Crippen LogP contribution >= 0.6 is 11.3 Å². The number of nitrogens with zero attached hydrogens (tertiary/aromatic N) is 1. The van der Waals surface area contributed by atoms with E-state index in [1.165, 1.54) is 18.3 Å². The number of carbonyl (C=O) groups excluding carboxylic acids is 2. The molecule has 0 unspecified atom stereocenters. The third-order valence-electron chi connectivity index (χ3n) is 3.92. The van der Waals surface area contributed by atoms with E-state index in [9.17, 15) is 14.4 Å². The first-order valence-electron chi connectivity index (χ1n) is 7.80. The van der Waals surface area contributed by atoms with Crippen LogP contribution in [-0.2, 0) is 16.0 Å². The van der Waals surface area contributed by atoms with Gasteiger partial charge in [0.25, 0.3) is 0 Å². The van der Waals surface area contributed by atoms with Gasteiger partial charge >= 0.3 is 11.6 Å². The van der Waals surface area contributed by atoms with Gasteiger partial charge in [-0.25, -0.2) is 9.78 Å². The second-order valence-electron chi connectivity index (χ2n) is 5.71. The van der Waals surface area contributed by atoms with E-state index in [0.717, 1.165) is 0 Å². The first kappa shape index (κ1) is 17.8. The maximum atomic E-state index is 12.4. The summed E-state index contributed by atoms with van der Waals surface area (Å²) < 4.78 is 10.5. The first-order valence-corrected chi connectivity index (χ1v) is 8.68. The van der Waals surface area contributed by atoms with Gasteiger partial charge in [0.2, 0.25) is 5.91 Å². The lowest BCUT2D eigenvalue weighted by Gasteiger charge is -2.11. The Hall–Kier alpha value is -3.00. The Bertz CT molecular complexity index is 1050. The molecule has 1 amide bonds. The molecule has 3 aromatic rings. The molecule has 0 spiro atoms. The Labute approximate surface area is 152 Å². The summed E-state index contributed by atoms with van der Waals surface area (Å²) in [7, 11) is 0. The van der Waals surface area contributed by atoms with Crippen LogP contribution in [0.4, 0.5) is 5.13 Å². The lowest BCUT2D eigenvalue weighted by molar-refractivity contribution is -0.131. The summed E-state index contributed by atoms with van der Waals surface area (Å²) in [6, 6.07) is 3.35. The third kappa shape index (κ3) is 3.50. The van der Waals surface area contributed by atoms with Gasteiger partial charge in [-0.15, -0.1) is 11.3 Å². The topological polar surface area (TPSA) is 98.5 Å². The maximum Gasteiger partial charge on any atom is 0.340 e. The molecular formula is C18H16N2O5S. The van der Waals surface area contributed by atoms with Crippen LogP contribution in [0.15, 0.2) is 32.9 Å². The second kappa shape index (κ2) is 7.09. The molecule has 134 valence electrons. The Morgan fingerprint density at radius 3 is 2.69 bits per heavy atom. The fourth-order valence-electron chi connectivity index (χ4n) is 2.65. The zero-order valence-corrected chi connectivity index (χ0v) is 15.2. The van der Waals surface area contributed by atoms with Gasteiger partial charge in [0.05, 0.1) is 12.0 Å². The highest BCUT2D eigenvalue weighted by molar-refractivity contribution is 7.13. The fourth-order valence-corrected chi connectivity index (χ4v) is 3.19. The molecule has 1 aromatic carbocycles.